The predicted octanol–water partition coefficient (Wildman–Crippen LogP) is 1.08. The van der Waals surface area contributed by atoms with Crippen LogP contribution in [0.4, 0.5) is 0 Å². The van der Waals surface area contributed by atoms with E-state index in [2.05, 4.69) is 45.1 Å². The number of nitrogens with zero attached hydrogens (tertiary/aromatic N) is 1. The third-order valence-corrected chi connectivity index (χ3v) is 3.24. The number of rotatable bonds is 1. The van der Waals surface area contributed by atoms with E-state index in [1.807, 2.05) is 0 Å². The lowest BCUT2D eigenvalue weighted by molar-refractivity contribution is 0.175. The maximum absolute atomic E-state index is 3.36. The molecule has 0 aliphatic carbocycles. The Bertz CT molecular complexity index is 142. The van der Waals surface area contributed by atoms with Crippen molar-refractivity contribution in [2.24, 2.45) is 0 Å². The Morgan fingerprint density at radius 2 is 2.00 bits per heavy atom. The zero-order valence-corrected chi connectivity index (χ0v) is 8.31. The molecule has 0 aromatic rings. The van der Waals surface area contributed by atoms with E-state index in [-0.39, 0.29) is 0 Å². The lowest BCUT2D eigenvalue weighted by atomic mass is 10.0. The van der Waals surface area contributed by atoms with Gasteiger partial charge in [-0.1, -0.05) is 0 Å². The summed E-state index contributed by atoms with van der Waals surface area (Å²) in [5.41, 5.74) is 0.368. The summed E-state index contributed by atoms with van der Waals surface area (Å²) in [7, 11) is 4.26. The topological polar surface area (TPSA) is 15.3 Å². The highest BCUT2D eigenvalue weighted by Gasteiger charge is 2.40. The molecule has 2 unspecified atom stereocenters. The molecule has 1 heterocycles. The smallest absolute Gasteiger partial charge is 0.0235 e. The van der Waals surface area contributed by atoms with Crippen LogP contribution in [0.1, 0.15) is 27.2 Å². The largest absolute Gasteiger partial charge is 0.315 e. The van der Waals surface area contributed by atoms with Crippen LogP contribution in [0.5, 0.6) is 0 Å². The normalized spacial score (nSPS) is 37.9. The van der Waals surface area contributed by atoms with Gasteiger partial charge in [-0.05, 0) is 41.3 Å². The molecule has 2 heteroatoms. The zero-order valence-electron chi connectivity index (χ0n) is 8.31. The molecule has 0 saturated carbocycles. The maximum atomic E-state index is 3.36. The molecule has 11 heavy (non-hydrogen) atoms. The minimum atomic E-state index is 0.368. The molecule has 1 aliphatic rings. The van der Waals surface area contributed by atoms with E-state index in [1.54, 1.807) is 0 Å². The zero-order chi connectivity index (χ0) is 8.65. The van der Waals surface area contributed by atoms with Gasteiger partial charge in [0, 0.05) is 17.6 Å². The Morgan fingerprint density at radius 1 is 1.45 bits per heavy atom. The molecule has 0 amide bonds. The SMILES string of the molecule is CNC1CC(C)(C)N(C)C1C. The van der Waals surface area contributed by atoms with Gasteiger partial charge < -0.3 is 5.32 Å². The quantitative estimate of drug-likeness (QED) is 0.611. The molecule has 2 nitrogen and oxygen atoms in total. The summed E-state index contributed by atoms with van der Waals surface area (Å²) in [6, 6.07) is 1.32. The van der Waals surface area contributed by atoms with Crippen LogP contribution in [0.25, 0.3) is 0 Å². The van der Waals surface area contributed by atoms with E-state index in [4.69, 9.17) is 0 Å². The second kappa shape index (κ2) is 2.76. The van der Waals surface area contributed by atoms with Gasteiger partial charge in [0.25, 0.3) is 0 Å². The van der Waals surface area contributed by atoms with Crippen molar-refractivity contribution >= 4 is 0 Å². The first kappa shape index (κ1) is 9.01. The Hall–Kier alpha value is -0.0800. The average Bonchev–Trinajstić information content (AvgIpc) is 2.13. The van der Waals surface area contributed by atoms with Crippen LogP contribution in [-0.4, -0.2) is 36.6 Å². The minimum absolute atomic E-state index is 0.368. The predicted molar refractivity (Wildman–Crippen MR) is 48.8 cm³/mol. The summed E-state index contributed by atoms with van der Waals surface area (Å²) < 4.78 is 0. The third kappa shape index (κ3) is 1.42. The van der Waals surface area contributed by atoms with Gasteiger partial charge in [0.2, 0.25) is 0 Å². The van der Waals surface area contributed by atoms with Crippen LogP contribution in [0.2, 0.25) is 0 Å². The van der Waals surface area contributed by atoms with Crippen LogP contribution in [0, 0.1) is 0 Å². The van der Waals surface area contributed by atoms with Crippen LogP contribution in [0.3, 0.4) is 0 Å². The number of nitrogens with one attached hydrogen (secondary N) is 1. The summed E-state index contributed by atoms with van der Waals surface area (Å²) in [5, 5.41) is 3.36. The highest BCUT2D eigenvalue weighted by atomic mass is 15.2. The Kier molecular flexibility index (Phi) is 2.26. The van der Waals surface area contributed by atoms with Gasteiger partial charge in [-0.3, -0.25) is 4.90 Å². The van der Waals surface area contributed by atoms with Gasteiger partial charge in [-0.15, -0.1) is 0 Å². The standard InChI is InChI=1S/C9H20N2/c1-7-8(10-4)6-9(2,3)11(7)5/h7-8,10H,6H2,1-5H3. The molecule has 1 fully saturated rings. The van der Waals surface area contributed by atoms with Crippen molar-refractivity contribution < 1.29 is 0 Å². The summed E-state index contributed by atoms with van der Waals surface area (Å²) in [6.07, 6.45) is 1.25. The fraction of sp³-hybridized carbons (Fsp3) is 1.00. The van der Waals surface area contributed by atoms with Gasteiger partial charge >= 0.3 is 0 Å². The average molecular weight is 156 g/mol. The molecule has 0 radical (unpaired) electrons. The summed E-state index contributed by atoms with van der Waals surface area (Å²) in [5.74, 6) is 0. The Morgan fingerprint density at radius 3 is 2.18 bits per heavy atom. The first-order valence-electron chi connectivity index (χ1n) is 4.39. The van der Waals surface area contributed by atoms with Gasteiger partial charge in [-0.25, -0.2) is 0 Å². The molecule has 1 aliphatic heterocycles. The van der Waals surface area contributed by atoms with Gasteiger partial charge in [0.15, 0.2) is 0 Å². The lowest BCUT2D eigenvalue weighted by Crippen LogP contribution is -2.40. The molecule has 1 rings (SSSR count). The molecule has 66 valence electrons. The molecule has 0 bridgehead atoms. The number of hydrogen-bond donors (Lipinski definition) is 1. The molecule has 0 spiro atoms. The van der Waals surface area contributed by atoms with Crippen molar-refractivity contribution in [3.8, 4) is 0 Å². The first-order chi connectivity index (χ1) is 4.99. The molecular formula is C9H20N2. The van der Waals surface area contributed by atoms with E-state index in [9.17, 15) is 0 Å². The number of likely N-dealkylation sites (N-methyl/N-ethyl adjacent to an activating group) is 2. The van der Waals surface area contributed by atoms with E-state index >= 15 is 0 Å². The van der Waals surface area contributed by atoms with Gasteiger partial charge in [0.05, 0.1) is 0 Å². The first-order valence-corrected chi connectivity index (χ1v) is 4.39. The van der Waals surface area contributed by atoms with E-state index in [0.717, 1.165) is 0 Å². The Labute approximate surface area is 70.0 Å². The molecule has 0 aromatic carbocycles. The summed E-state index contributed by atoms with van der Waals surface area (Å²) >= 11 is 0. The van der Waals surface area contributed by atoms with E-state index in [1.165, 1.54) is 6.42 Å². The molecule has 0 aromatic heterocycles. The Balaban J connectivity index is 2.69. The second-order valence-corrected chi connectivity index (χ2v) is 4.26. The second-order valence-electron chi connectivity index (χ2n) is 4.26. The van der Waals surface area contributed by atoms with Crippen molar-refractivity contribution in [2.75, 3.05) is 14.1 Å². The highest BCUT2D eigenvalue weighted by Crippen LogP contribution is 2.31. The summed E-state index contributed by atoms with van der Waals surface area (Å²) in [6.45, 7) is 6.90. The fourth-order valence-corrected chi connectivity index (χ4v) is 2.02. The van der Waals surface area contributed by atoms with Gasteiger partial charge in [-0.2, -0.15) is 0 Å². The van der Waals surface area contributed by atoms with Crippen LogP contribution in [0.15, 0.2) is 0 Å². The third-order valence-electron chi connectivity index (χ3n) is 3.24. The van der Waals surface area contributed by atoms with Gasteiger partial charge in [0.1, 0.15) is 0 Å². The number of likely N-dealkylation sites (tertiary alicyclic amines) is 1. The van der Waals surface area contributed by atoms with Crippen LogP contribution in [-0.2, 0) is 0 Å². The monoisotopic (exact) mass is 156 g/mol. The van der Waals surface area contributed by atoms with E-state index in [0.29, 0.717) is 17.6 Å². The molecule has 1 saturated heterocycles. The fourth-order valence-electron chi connectivity index (χ4n) is 2.02. The maximum Gasteiger partial charge on any atom is 0.0235 e. The molecular weight excluding hydrogens is 136 g/mol. The lowest BCUT2D eigenvalue weighted by Gasteiger charge is -2.30. The minimum Gasteiger partial charge on any atom is -0.315 e. The molecule has 2 atom stereocenters. The number of hydrogen-bond acceptors (Lipinski definition) is 2. The van der Waals surface area contributed by atoms with Crippen LogP contribution >= 0.6 is 0 Å². The van der Waals surface area contributed by atoms with Crippen molar-refractivity contribution in [3.63, 3.8) is 0 Å². The van der Waals surface area contributed by atoms with Crippen molar-refractivity contribution in [2.45, 2.75) is 44.8 Å². The van der Waals surface area contributed by atoms with Crippen molar-refractivity contribution in [1.82, 2.24) is 10.2 Å². The highest BCUT2D eigenvalue weighted by molar-refractivity contribution is 4.99. The summed E-state index contributed by atoms with van der Waals surface area (Å²) in [4.78, 5) is 2.45. The van der Waals surface area contributed by atoms with Crippen molar-refractivity contribution in [1.29, 1.82) is 0 Å². The van der Waals surface area contributed by atoms with Crippen molar-refractivity contribution in [3.05, 3.63) is 0 Å². The molecule has 1 N–H and O–H groups in total. The van der Waals surface area contributed by atoms with E-state index < -0.39 is 0 Å². The van der Waals surface area contributed by atoms with Crippen LogP contribution < -0.4 is 5.32 Å².